The van der Waals surface area contributed by atoms with Gasteiger partial charge in [0.05, 0.1) is 76.1 Å². The number of aliphatic hydroxyl groups excluding tert-OH is 9. The highest BCUT2D eigenvalue weighted by atomic mass is 16.3. The Morgan fingerprint density at radius 3 is 0.741 bits per heavy atom. The first-order valence-corrected chi connectivity index (χ1v) is 8.59. The van der Waals surface area contributed by atoms with Crippen LogP contribution in [0.15, 0.2) is 0 Å². The Morgan fingerprint density at radius 2 is 0.630 bits per heavy atom. The Bertz CT molecular complexity index is 322. The molecule has 0 amide bonds. The SMILES string of the molecule is CCC(NC(CO)(CO)CO)(NC(CO)(CO)CO)NC(CO)(CO)CO. The molecule has 0 aliphatic carbocycles. The van der Waals surface area contributed by atoms with E-state index in [9.17, 15) is 46.0 Å². The lowest BCUT2D eigenvalue weighted by Crippen LogP contribution is -2.83. The summed E-state index contributed by atoms with van der Waals surface area (Å²) in [4.78, 5) is 0. The summed E-state index contributed by atoms with van der Waals surface area (Å²) >= 11 is 0. The fourth-order valence-corrected chi connectivity index (χ4v) is 2.52. The number of hydrogen-bond donors (Lipinski definition) is 12. The van der Waals surface area contributed by atoms with Crippen LogP contribution in [-0.2, 0) is 0 Å². The van der Waals surface area contributed by atoms with Gasteiger partial charge in [0.15, 0.2) is 0 Å². The zero-order valence-corrected chi connectivity index (χ0v) is 15.6. The molecular formula is C15H35N3O9. The van der Waals surface area contributed by atoms with E-state index in [2.05, 4.69) is 16.0 Å². The van der Waals surface area contributed by atoms with Crippen LogP contribution in [0.4, 0.5) is 0 Å². The summed E-state index contributed by atoms with van der Waals surface area (Å²) in [6.07, 6.45) is 0.0260. The van der Waals surface area contributed by atoms with Crippen LogP contribution in [0, 0.1) is 0 Å². The van der Waals surface area contributed by atoms with Crippen LogP contribution in [0.3, 0.4) is 0 Å². The minimum atomic E-state index is -1.68. The number of hydrogen-bond acceptors (Lipinski definition) is 12. The minimum Gasteiger partial charge on any atom is -0.394 e. The third kappa shape index (κ3) is 6.25. The van der Waals surface area contributed by atoms with Gasteiger partial charge in [0.25, 0.3) is 0 Å². The van der Waals surface area contributed by atoms with Crippen molar-refractivity contribution in [3.05, 3.63) is 0 Å². The fraction of sp³-hybridized carbons (Fsp3) is 1.00. The first kappa shape index (κ1) is 26.5. The molecule has 0 aliphatic rings. The molecule has 27 heavy (non-hydrogen) atoms. The monoisotopic (exact) mass is 401 g/mol. The average molecular weight is 401 g/mol. The van der Waals surface area contributed by atoms with Crippen molar-refractivity contribution in [1.29, 1.82) is 0 Å². The molecular weight excluding hydrogens is 366 g/mol. The van der Waals surface area contributed by atoms with Gasteiger partial charge < -0.3 is 46.0 Å². The van der Waals surface area contributed by atoms with Gasteiger partial charge in [-0.25, -0.2) is 0 Å². The molecule has 12 heteroatoms. The van der Waals surface area contributed by atoms with Crippen molar-refractivity contribution in [2.75, 3.05) is 59.5 Å². The lowest BCUT2D eigenvalue weighted by atomic mass is 9.94. The van der Waals surface area contributed by atoms with Gasteiger partial charge >= 0.3 is 0 Å². The van der Waals surface area contributed by atoms with Crippen molar-refractivity contribution in [2.24, 2.45) is 0 Å². The fourth-order valence-electron chi connectivity index (χ4n) is 2.52. The summed E-state index contributed by atoms with van der Waals surface area (Å²) in [5, 5.41) is 95.0. The van der Waals surface area contributed by atoms with Crippen molar-refractivity contribution < 1.29 is 46.0 Å². The van der Waals surface area contributed by atoms with Gasteiger partial charge in [-0.15, -0.1) is 0 Å². The van der Waals surface area contributed by atoms with Gasteiger partial charge in [0, 0.05) is 0 Å². The second-order valence-corrected chi connectivity index (χ2v) is 6.90. The largest absolute Gasteiger partial charge is 0.394 e. The Balaban J connectivity index is 6.23. The Morgan fingerprint density at radius 1 is 0.444 bits per heavy atom. The molecule has 0 fully saturated rings. The molecule has 12 nitrogen and oxygen atoms in total. The second-order valence-electron chi connectivity index (χ2n) is 6.90. The van der Waals surface area contributed by atoms with Crippen LogP contribution < -0.4 is 16.0 Å². The number of aliphatic hydroxyl groups is 9. The molecule has 0 radical (unpaired) electrons. The van der Waals surface area contributed by atoms with Crippen molar-refractivity contribution in [3.8, 4) is 0 Å². The van der Waals surface area contributed by atoms with Gasteiger partial charge in [-0.05, 0) is 6.42 Å². The quantitative estimate of drug-likeness (QED) is 0.109. The molecule has 0 atom stereocenters. The molecule has 0 saturated carbocycles. The summed E-state index contributed by atoms with van der Waals surface area (Å²) in [7, 11) is 0. The van der Waals surface area contributed by atoms with E-state index in [1.807, 2.05) is 0 Å². The van der Waals surface area contributed by atoms with Crippen molar-refractivity contribution in [3.63, 3.8) is 0 Å². The highest BCUT2D eigenvalue weighted by molar-refractivity contribution is 5.04. The topological polar surface area (TPSA) is 218 Å². The zero-order valence-electron chi connectivity index (χ0n) is 15.6. The van der Waals surface area contributed by atoms with E-state index in [0.29, 0.717) is 0 Å². The standard InChI is InChI=1S/C15H35N3O9/c1-2-15(16-12(3-19,4-20)5-21,17-13(6-22,7-23)8-24)18-14(9-25,10-26)11-27/h16-27H,2-11H2,1H3. The maximum absolute atomic E-state index is 9.64. The van der Waals surface area contributed by atoms with Crippen molar-refractivity contribution >= 4 is 0 Å². The predicted octanol–water partition coefficient (Wildman–Crippen LogP) is -6.03. The highest BCUT2D eigenvalue weighted by Gasteiger charge is 2.47. The normalized spacial score (nSPS) is 14.0. The third-order valence-electron chi connectivity index (χ3n) is 4.69. The van der Waals surface area contributed by atoms with Gasteiger partial charge in [-0.3, -0.25) is 16.0 Å². The lowest BCUT2D eigenvalue weighted by molar-refractivity contribution is -0.0683. The van der Waals surface area contributed by atoms with Crippen molar-refractivity contribution in [2.45, 2.75) is 35.7 Å². The molecule has 0 aromatic heterocycles. The first-order valence-electron chi connectivity index (χ1n) is 8.59. The van der Waals surface area contributed by atoms with E-state index < -0.39 is 81.9 Å². The van der Waals surface area contributed by atoms with E-state index in [1.165, 1.54) is 0 Å². The maximum Gasteiger partial charge on any atom is 0.125 e. The average Bonchev–Trinajstić information content (AvgIpc) is 2.74. The Labute approximate surface area is 158 Å². The van der Waals surface area contributed by atoms with Crippen LogP contribution in [0.25, 0.3) is 0 Å². The van der Waals surface area contributed by atoms with E-state index in [1.54, 1.807) is 6.92 Å². The molecule has 0 unspecified atom stereocenters. The number of nitrogens with one attached hydrogen (secondary N) is 3. The van der Waals surface area contributed by atoms with Gasteiger partial charge in [-0.2, -0.15) is 0 Å². The highest BCUT2D eigenvalue weighted by Crippen LogP contribution is 2.19. The van der Waals surface area contributed by atoms with Gasteiger partial charge in [-0.1, -0.05) is 6.92 Å². The Hall–Kier alpha value is -0.480. The summed E-state index contributed by atoms with van der Waals surface area (Å²) in [5.41, 5.74) is -4.98. The molecule has 0 bridgehead atoms. The van der Waals surface area contributed by atoms with E-state index in [0.717, 1.165) is 0 Å². The van der Waals surface area contributed by atoms with Crippen LogP contribution in [-0.4, -0.2) is 128 Å². The van der Waals surface area contributed by atoms with Crippen molar-refractivity contribution in [1.82, 2.24) is 16.0 Å². The smallest absolute Gasteiger partial charge is 0.125 e. The summed E-state index contributed by atoms with van der Waals surface area (Å²) in [6, 6.07) is 0. The van der Waals surface area contributed by atoms with Crippen LogP contribution in [0.2, 0.25) is 0 Å². The third-order valence-corrected chi connectivity index (χ3v) is 4.69. The van der Waals surface area contributed by atoms with E-state index in [-0.39, 0.29) is 6.42 Å². The molecule has 12 N–H and O–H groups in total. The summed E-state index contributed by atoms with van der Waals surface area (Å²) in [5.74, 6) is -1.68. The molecule has 0 spiro atoms. The predicted molar refractivity (Wildman–Crippen MR) is 94.4 cm³/mol. The summed E-state index contributed by atoms with van der Waals surface area (Å²) < 4.78 is 0. The molecule has 164 valence electrons. The minimum absolute atomic E-state index is 0.0260. The Kier molecular flexibility index (Phi) is 11.3. The van der Waals surface area contributed by atoms with Crippen LogP contribution in [0.1, 0.15) is 13.3 Å². The lowest BCUT2D eigenvalue weighted by Gasteiger charge is -2.51. The maximum atomic E-state index is 9.64. The first-order chi connectivity index (χ1) is 12.7. The zero-order chi connectivity index (χ0) is 21.2. The molecule has 0 aromatic rings. The molecule has 0 heterocycles. The molecule has 0 saturated heterocycles. The van der Waals surface area contributed by atoms with Crippen LogP contribution >= 0.6 is 0 Å². The van der Waals surface area contributed by atoms with Gasteiger partial charge in [0.1, 0.15) is 5.79 Å². The van der Waals surface area contributed by atoms with E-state index in [4.69, 9.17) is 0 Å². The van der Waals surface area contributed by atoms with Crippen LogP contribution in [0.5, 0.6) is 0 Å². The van der Waals surface area contributed by atoms with Gasteiger partial charge in [0.2, 0.25) is 0 Å². The molecule has 0 rings (SSSR count). The molecule has 0 aliphatic heterocycles. The summed E-state index contributed by atoms with van der Waals surface area (Å²) in [6.45, 7) is -4.91. The molecule has 0 aromatic carbocycles. The van der Waals surface area contributed by atoms with E-state index >= 15 is 0 Å². The second kappa shape index (κ2) is 11.5. The number of rotatable bonds is 16.